The van der Waals surface area contributed by atoms with Crippen LogP contribution in [0.15, 0.2) is 30.3 Å². The second kappa shape index (κ2) is 5.75. The minimum atomic E-state index is 0. The summed E-state index contributed by atoms with van der Waals surface area (Å²) in [7, 11) is 2.10. The lowest BCUT2D eigenvalue weighted by atomic mass is 10.2. The highest BCUT2D eigenvalue weighted by Crippen LogP contribution is 2.32. The Labute approximate surface area is 102 Å². The molecule has 0 amide bonds. The molecule has 0 radical (unpaired) electrons. The number of nitrogens with one attached hydrogen (secondary N) is 1. The van der Waals surface area contributed by atoms with Crippen molar-refractivity contribution in [3.63, 3.8) is 0 Å². The zero-order valence-electron chi connectivity index (χ0n) is 9.01. The minimum absolute atomic E-state index is 0. The van der Waals surface area contributed by atoms with Gasteiger partial charge in [-0.2, -0.15) is 0 Å². The van der Waals surface area contributed by atoms with Crippen LogP contribution in [0.5, 0.6) is 0 Å². The number of halogens is 1. The van der Waals surface area contributed by atoms with Crippen LogP contribution in [0, 0.1) is 0 Å². The molecular formula is C11H17ClN2S. The van der Waals surface area contributed by atoms with E-state index in [9.17, 15) is 0 Å². The first-order valence-corrected chi connectivity index (χ1v) is 5.87. The van der Waals surface area contributed by atoms with Crippen molar-refractivity contribution in [2.24, 2.45) is 0 Å². The molecule has 1 N–H and O–H groups in total. The summed E-state index contributed by atoms with van der Waals surface area (Å²) in [4.78, 5) is 0. The molecule has 0 bridgehead atoms. The van der Waals surface area contributed by atoms with Crippen LogP contribution < -0.4 is 5.43 Å². The Balaban J connectivity index is 0.00000112. The van der Waals surface area contributed by atoms with Gasteiger partial charge >= 0.3 is 0 Å². The second-order valence-electron chi connectivity index (χ2n) is 3.75. The van der Waals surface area contributed by atoms with E-state index in [0.29, 0.717) is 10.6 Å². The van der Waals surface area contributed by atoms with E-state index in [1.165, 1.54) is 5.56 Å². The molecule has 0 aliphatic carbocycles. The highest BCUT2D eigenvalue weighted by Gasteiger charge is 2.23. The molecule has 1 saturated heterocycles. The van der Waals surface area contributed by atoms with Crippen molar-refractivity contribution < 1.29 is 0 Å². The van der Waals surface area contributed by atoms with Crippen LogP contribution in [-0.2, 0) is 0 Å². The second-order valence-corrected chi connectivity index (χ2v) is 5.30. The van der Waals surface area contributed by atoms with E-state index >= 15 is 0 Å². The summed E-state index contributed by atoms with van der Waals surface area (Å²) < 4.78 is 0. The third-order valence-corrected chi connectivity index (χ3v) is 3.60. The number of thioether (sulfide) groups is 1. The van der Waals surface area contributed by atoms with Crippen molar-refractivity contribution in [1.29, 1.82) is 0 Å². The molecular weight excluding hydrogens is 228 g/mol. The Morgan fingerprint density at radius 2 is 2.00 bits per heavy atom. The molecule has 0 saturated carbocycles. The van der Waals surface area contributed by atoms with Gasteiger partial charge in [0.2, 0.25) is 0 Å². The van der Waals surface area contributed by atoms with Gasteiger partial charge in [-0.1, -0.05) is 37.3 Å². The summed E-state index contributed by atoms with van der Waals surface area (Å²) in [6.45, 7) is 3.38. The van der Waals surface area contributed by atoms with E-state index in [-0.39, 0.29) is 12.4 Å². The zero-order valence-corrected chi connectivity index (χ0v) is 10.6. The van der Waals surface area contributed by atoms with Gasteiger partial charge in [0, 0.05) is 18.8 Å². The largest absolute Gasteiger partial charge is 0.245 e. The van der Waals surface area contributed by atoms with E-state index in [1.54, 1.807) is 0 Å². The summed E-state index contributed by atoms with van der Waals surface area (Å²) in [5.41, 5.74) is 4.82. The molecule has 2 unspecified atom stereocenters. The van der Waals surface area contributed by atoms with Crippen LogP contribution in [-0.4, -0.2) is 23.9 Å². The maximum atomic E-state index is 3.46. The van der Waals surface area contributed by atoms with E-state index in [1.807, 2.05) is 11.8 Å². The molecule has 2 nitrogen and oxygen atoms in total. The summed E-state index contributed by atoms with van der Waals surface area (Å²) in [6.07, 6.45) is 0. The Kier molecular flexibility index (Phi) is 4.93. The maximum absolute atomic E-state index is 3.46. The fraction of sp³-hybridized carbons (Fsp3) is 0.455. The van der Waals surface area contributed by atoms with Gasteiger partial charge in [-0.15, -0.1) is 24.2 Å². The van der Waals surface area contributed by atoms with Gasteiger partial charge in [-0.25, -0.2) is 10.4 Å². The van der Waals surface area contributed by atoms with E-state index in [0.717, 1.165) is 6.54 Å². The summed E-state index contributed by atoms with van der Waals surface area (Å²) in [6, 6.07) is 10.6. The van der Waals surface area contributed by atoms with Crippen LogP contribution in [0.2, 0.25) is 0 Å². The monoisotopic (exact) mass is 244 g/mol. The Hall–Kier alpha value is -0.220. The predicted octanol–water partition coefficient (Wildman–Crippen LogP) is 2.68. The number of nitrogens with zero attached hydrogens (tertiary/aromatic N) is 1. The molecule has 1 aliphatic heterocycles. The molecule has 2 atom stereocenters. The number of hydrogen-bond acceptors (Lipinski definition) is 3. The molecule has 0 aromatic heterocycles. The highest BCUT2D eigenvalue weighted by molar-refractivity contribution is 8.00. The van der Waals surface area contributed by atoms with Crippen molar-refractivity contribution in [2.75, 3.05) is 13.6 Å². The molecule has 1 aliphatic rings. The molecule has 2 rings (SSSR count). The number of hydrogen-bond donors (Lipinski definition) is 1. The first-order chi connectivity index (χ1) is 6.75. The van der Waals surface area contributed by atoms with Crippen molar-refractivity contribution >= 4 is 24.2 Å². The minimum Gasteiger partial charge on any atom is -0.245 e. The van der Waals surface area contributed by atoms with Crippen LogP contribution in [0.3, 0.4) is 0 Å². The van der Waals surface area contributed by atoms with E-state index in [4.69, 9.17) is 0 Å². The van der Waals surface area contributed by atoms with Crippen LogP contribution >= 0.6 is 24.2 Å². The van der Waals surface area contributed by atoms with Crippen LogP contribution in [0.1, 0.15) is 17.9 Å². The summed E-state index contributed by atoms with van der Waals surface area (Å²) in [5, 5.41) is 3.27. The topological polar surface area (TPSA) is 15.3 Å². The van der Waals surface area contributed by atoms with Gasteiger partial charge in [0.05, 0.1) is 5.37 Å². The van der Waals surface area contributed by atoms with Crippen molar-refractivity contribution in [2.45, 2.75) is 17.5 Å². The lowest BCUT2D eigenvalue weighted by Gasteiger charge is -2.34. The number of hydrazine groups is 1. The average Bonchev–Trinajstić information content (AvgIpc) is 2.18. The van der Waals surface area contributed by atoms with Gasteiger partial charge < -0.3 is 0 Å². The number of benzene rings is 1. The third-order valence-electron chi connectivity index (χ3n) is 2.34. The molecule has 1 fully saturated rings. The third kappa shape index (κ3) is 3.38. The van der Waals surface area contributed by atoms with Crippen molar-refractivity contribution in [3.8, 4) is 0 Å². The molecule has 1 aromatic carbocycles. The molecule has 1 aromatic rings. The first-order valence-electron chi connectivity index (χ1n) is 4.93. The Morgan fingerprint density at radius 1 is 1.33 bits per heavy atom. The fourth-order valence-electron chi connectivity index (χ4n) is 1.73. The fourth-order valence-corrected chi connectivity index (χ4v) is 3.05. The maximum Gasteiger partial charge on any atom is 0.0921 e. The van der Waals surface area contributed by atoms with Crippen molar-refractivity contribution in [1.82, 2.24) is 10.4 Å². The average molecular weight is 245 g/mol. The Morgan fingerprint density at radius 3 is 2.60 bits per heavy atom. The lowest BCUT2D eigenvalue weighted by molar-refractivity contribution is 0.219. The SMILES string of the molecule is CC1CN(C)NC(c2ccccc2)S1.Cl. The normalized spacial score (nSPS) is 27.1. The van der Waals surface area contributed by atoms with Gasteiger partial charge in [0.15, 0.2) is 0 Å². The zero-order chi connectivity index (χ0) is 9.97. The molecule has 1 heterocycles. The van der Waals surface area contributed by atoms with E-state index in [2.05, 4.69) is 54.7 Å². The van der Waals surface area contributed by atoms with Crippen molar-refractivity contribution in [3.05, 3.63) is 35.9 Å². The quantitative estimate of drug-likeness (QED) is 0.818. The van der Waals surface area contributed by atoms with Gasteiger partial charge in [0.25, 0.3) is 0 Å². The molecule has 0 spiro atoms. The van der Waals surface area contributed by atoms with Gasteiger partial charge in [-0.05, 0) is 5.56 Å². The van der Waals surface area contributed by atoms with Crippen LogP contribution in [0.4, 0.5) is 0 Å². The van der Waals surface area contributed by atoms with E-state index < -0.39 is 0 Å². The smallest absolute Gasteiger partial charge is 0.0921 e. The summed E-state index contributed by atoms with van der Waals surface area (Å²) >= 11 is 1.99. The standard InChI is InChI=1S/C11H16N2S.ClH/c1-9-8-13(2)12-11(14-9)10-6-4-3-5-7-10;/h3-7,9,11-12H,8H2,1-2H3;1H. The highest BCUT2D eigenvalue weighted by atomic mass is 35.5. The van der Waals surface area contributed by atoms with Crippen LogP contribution in [0.25, 0.3) is 0 Å². The van der Waals surface area contributed by atoms with Gasteiger partial charge in [0.1, 0.15) is 0 Å². The number of rotatable bonds is 1. The Bertz CT molecular complexity index is 284. The lowest BCUT2D eigenvalue weighted by Crippen LogP contribution is -2.44. The molecule has 84 valence electrons. The molecule has 4 heteroatoms. The van der Waals surface area contributed by atoms with Gasteiger partial charge in [-0.3, -0.25) is 0 Å². The summed E-state index contributed by atoms with van der Waals surface area (Å²) in [5.74, 6) is 0. The predicted molar refractivity (Wildman–Crippen MR) is 69.2 cm³/mol. The molecule has 15 heavy (non-hydrogen) atoms. The first kappa shape index (κ1) is 12.8.